The third-order valence-corrected chi connectivity index (χ3v) is 5.74. The number of anilines is 1. The first-order valence-corrected chi connectivity index (χ1v) is 9.56. The van der Waals surface area contributed by atoms with Crippen LogP contribution in [0.1, 0.15) is 32.1 Å². The summed E-state index contributed by atoms with van der Waals surface area (Å²) in [4.78, 5) is 21.3. The molecule has 26 heavy (non-hydrogen) atoms. The molecule has 2 fully saturated rings. The van der Waals surface area contributed by atoms with Crippen molar-refractivity contribution in [2.45, 2.75) is 32.1 Å². The van der Waals surface area contributed by atoms with E-state index in [9.17, 15) is 4.79 Å². The number of para-hydroxylation sites is 2. The van der Waals surface area contributed by atoms with E-state index in [1.807, 2.05) is 29.2 Å². The standard InChI is InChI=1S/C20H27N3O3/c1-25-13-5-12-22-14-20(10-8-18(22)24)9-4-11-23(15-20)19-21-16-6-2-3-7-17(16)26-19/h2-3,6-7H,4-5,8-15H2,1H3/t20-/m0/s1. The van der Waals surface area contributed by atoms with Crippen LogP contribution in [0.2, 0.25) is 0 Å². The molecular weight excluding hydrogens is 330 g/mol. The number of fused-ring (bicyclic) bond motifs is 1. The minimum atomic E-state index is 0.153. The minimum absolute atomic E-state index is 0.153. The Kier molecular flexibility index (Phi) is 4.85. The second-order valence-corrected chi connectivity index (χ2v) is 7.65. The van der Waals surface area contributed by atoms with E-state index in [0.717, 1.165) is 63.0 Å². The number of piperidine rings is 2. The monoisotopic (exact) mass is 357 g/mol. The molecule has 0 radical (unpaired) electrons. The number of hydrogen-bond donors (Lipinski definition) is 0. The maximum atomic E-state index is 12.3. The fourth-order valence-corrected chi connectivity index (χ4v) is 4.41. The Morgan fingerprint density at radius 1 is 1.27 bits per heavy atom. The number of benzene rings is 1. The summed E-state index contributed by atoms with van der Waals surface area (Å²) in [6.07, 6.45) is 4.78. The molecule has 0 bridgehead atoms. The highest BCUT2D eigenvalue weighted by molar-refractivity contribution is 5.77. The zero-order valence-corrected chi connectivity index (χ0v) is 15.4. The molecular formula is C20H27N3O3. The number of amides is 1. The van der Waals surface area contributed by atoms with Crippen molar-refractivity contribution in [3.63, 3.8) is 0 Å². The number of nitrogens with zero attached hydrogens (tertiary/aromatic N) is 3. The van der Waals surface area contributed by atoms with Crippen molar-refractivity contribution in [1.29, 1.82) is 0 Å². The number of hydrogen-bond acceptors (Lipinski definition) is 5. The van der Waals surface area contributed by atoms with E-state index in [-0.39, 0.29) is 11.3 Å². The molecule has 1 aromatic heterocycles. The second kappa shape index (κ2) is 7.27. The van der Waals surface area contributed by atoms with Gasteiger partial charge in [0.05, 0.1) is 0 Å². The molecule has 6 heteroatoms. The molecule has 0 aliphatic carbocycles. The molecule has 6 nitrogen and oxygen atoms in total. The fourth-order valence-electron chi connectivity index (χ4n) is 4.41. The maximum absolute atomic E-state index is 12.3. The van der Waals surface area contributed by atoms with Gasteiger partial charge in [-0.25, -0.2) is 0 Å². The van der Waals surface area contributed by atoms with Gasteiger partial charge in [-0.1, -0.05) is 12.1 Å². The van der Waals surface area contributed by atoms with E-state index < -0.39 is 0 Å². The van der Waals surface area contributed by atoms with E-state index in [0.29, 0.717) is 19.0 Å². The molecule has 3 heterocycles. The summed E-state index contributed by atoms with van der Waals surface area (Å²) in [5.41, 5.74) is 1.89. The number of carbonyl (C=O) groups is 1. The van der Waals surface area contributed by atoms with Gasteiger partial charge in [-0.2, -0.15) is 4.98 Å². The Hall–Kier alpha value is -2.08. The van der Waals surface area contributed by atoms with Crippen LogP contribution in [0.25, 0.3) is 11.1 Å². The van der Waals surface area contributed by atoms with Gasteiger partial charge in [0, 0.05) is 51.7 Å². The summed E-state index contributed by atoms with van der Waals surface area (Å²) in [5.74, 6) is 0.283. The van der Waals surface area contributed by atoms with Gasteiger partial charge in [0.25, 0.3) is 6.01 Å². The summed E-state index contributed by atoms with van der Waals surface area (Å²) in [6.45, 7) is 4.20. The highest BCUT2D eigenvalue weighted by Crippen LogP contribution is 2.40. The Morgan fingerprint density at radius 3 is 3.00 bits per heavy atom. The molecule has 0 N–H and O–H groups in total. The number of likely N-dealkylation sites (tertiary alicyclic amines) is 1. The highest BCUT2D eigenvalue weighted by Gasteiger charge is 2.42. The first-order valence-electron chi connectivity index (χ1n) is 9.56. The van der Waals surface area contributed by atoms with Gasteiger partial charge in [-0.3, -0.25) is 4.79 Å². The highest BCUT2D eigenvalue weighted by atomic mass is 16.5. The van der Waals surface area contributed by atoms with Gasteiger partial charge in [0.15, 0.2) is 5.58 Å². The van der Waals surface area contributed by atoms with Crippen molar-refractivity contribution in [3.05, 3.63) is 24.3 Å². The molecule has 0 unspecified atom stereocenters. The summed E-state index contributed by atoms with van der Waals surface area (Å²) in [7, 11) is 1.71. The third-order valence-electron chi connectivity index (χ3n) is 5.74. The van der Waals surface area contributed by atoms with Crippen molar-refractivity contribution < 1.29 is 13.9 Å². The average molecular weight is 357 g/mol. The second-order valence-electron chi connectivity index (χ2n) is 7.65. The van der Waals surface area contributed by atoms with Gasteiger partial charge in [-0.05, 0) is 37.8 Å². The molecule has 1 atom stereocenters. The van der Waals surface area contributed by atoms with Crippen LogP contribution in [-0.2, 0) is 9.53 Å². The largest absolute Gasteiger partial charge is 0.423 e. The number of carbonyl (C=O) groups excluding carboxylic acids is 1. The summed E-state index contributed by atoms with van der Waals surface area (Å²) in [6, 6.07) is 8.62. The number of rotatable bonds is 5. The SMILES string of the molecule is COCCCN1C[C@]2(CCCN(c3nc4ccccc4o3)C2)CCC1=O. The first-order chi connectivity index (χ1) is 12.7. The van der Waals surface area contributed by atoms with Crippen LogP contribution >= 0.6 is 0 Å². The van der Waals surface area contributed by atoms with Crippen molar-refractivity contribution in [2.75, 3.05) is 44.8 Å². The summed E-state index contributed by atoms with van der Waals surface area (Å²) < 4.78 is 11.1. The van der Waals surface area contributed by atoms with Crippen LogP contribution in [0.3, 0.4) is 0 Å². The van der Waals surface area contributed by atoms with Crippen molar-refractivity contribution >= 4 is 23.0 Å². The average Bonchev–Trinajstić information content (AvgIpc) is 3.09. The summed E-state index contributed by atoms with van der Waals surface area (Å²) in [5, 5.41) is 0. The summed E-state index contributed by atoms with van der Waals surface area (Å²) >= 11 is 0. The van der Waals surface area contributed by atoms with E-state index in [1.165, 1.54) is 0 Å². The number of ether oxygens (including phenoxy) is 1. The molecule has 4 rings (SSSR count). The lowest BCUT2D eigenvalue weighted by Crippen LogP contribution is -2.54. The molecule has 2 aliphatic rings. The smallest absolute Gasteiger partial charge is 0.298 e. The lowest BCUT2D eigenvalue weighted by atomic mass is 9.73. The normalized spacial score (nSPS) is 24.0. The zero-order chi connectivity index (χ0) is 18.0. The van der Waals surface area contributed by atoms with Crippen LogP contribution in [0, 0.1) is 5.41 Å². The Bertz CT molecular complexity index is 742. The number of oxazole rings is 1. The number of aromatic nitrogens is 1. The zero-order valence-electron chi connectivity index (χ0n) is 15.4. The van der Waals surface area contributed by atoms with Crippen molar-refractivity contribution in [3.8, 4) is 0 Å². The van der Waals surface area contributed by atoms with Crippen molar-refractivity contribution in [2.24, 2.45) is 5.41 Å². The Morgan fingerprint density at radius 2 is 2.15 bits per heavy atom. The quantitative estimate of drug-likeness (QED) is 0.770. The predicted octanol–water partition coefficient (Wildman–Crippen LogP) is 3.07. The van der Waals surface area contributed by atoms with Crippen LogP contribution < -0.4 is 4.90 Å². The van der Waals surface area contributed by atoms with E-state index >= 15 is 0 Å². The van der Waals surface area contributed by atoms with Crippen LogP contribution in [0.4, 0.5) is 6.01 Å². The third kappa shape index (κ3) is 3.43. The number of methoxy groups -OCH3 is 1. The molecule has 2 saturated heterocycles. The van der Waals surface area contributed by atoms with Gasteiger partial charge in [0.2, 0.25) is 5.91 Å². The van der Waals surface area contributed by atoms with Gasteiger partial charge in [0.1, 0.15) is 5.52 Å². The van der Waals surface area contributed by atoms with E-state index in [1.54, 1.807) is 7.11 Å². The fraction of sp³-hybridized carbons (Fsp3) is 0.600. The van der Waals surface area contributed by atoms with E-state index in [4.69, 9.17) is 9.15 Å². The minimum Gasteiger partial charge on any atom is -0.423 e. The van der Waals surface area contributed by atoms with Crippen LogP contribution in [-0.4, -0.2) is 55.7 Å². The van der Waals surface area contributed by atoms with Gasteiger partial charge >= 0.3 is 0 Å². The van der Waals surface area contributed by atoms with Crippen LogP contribution in [0.5, 0.6) is 0 Å². The Labute approximate surface area is 154 Å². The lowest BCUT2D eigenvalue weighted by molar-refractivity contribution is -0.138. The lowest BCUT2D eigenvalue weighted by Gasteiger charge is -2.48. The molecule has 2 aromatic rings. The molecule has 1 aromatic carbocycles. The maximum Gasteiger partial charge on any atom is 0.298 e. The predicted molar refractivity (Wildman–Crippen MR) is 100 cm³/mol. The van der Waals surface area contributed by atoms with Crippen molar-refractivity contribution in [1.82, 2.24) is 9.88 Å². The molecule has 0 saturated carbocycles. The van der Waals surface area contributed by atoms with Crippen LogP contribution in [0.15, 0.2) is 28.7 Å². The van der Waals surface area contributed by atoms with Gasteiger partial charge in [-0.15, -0.1) is 0 Å². The molecule has 1 spiro atoms. The molecule has 1 amide bonds. The van der Waals surface area contributed by atoms with E-state index in [2.05, 4.69) is 9.88 Å². The molecule has 140 valence electrons. The first kappa shape index (κ1) is 17.3. The topological polar surface area (TPSA) is 58.8 Å². The molecule has 2 aliphatic heterocycles. The van der Waals surface area contributed by atoms with Gasteiger partial charge < -0.3 is 19.0 Å². The Balaban J connectivity index is 1.49.